The molecule has 0 saturated heterocycles. The first kappa shape index (κ1) is 17.0. The second-order valence-electron chi connectivity index (χ2n) is 6.89. The standard InChI is InChI=1S/C23H20O4/c1-12-8-9-16-18(10-12)19(11-13(2)20(16)24)27-23-17-7-5-4-6-15(17)14(3)21(25)22(23)26/h4-11,24-26H,1-3H3. The Balaban J connectivity index is 2.01. The summed E-state index contributed by atoms with van der Waals surface area (Å²) < 4.78 is 6.14. The predicted molar refractivity (Wildman–Crippen MR) is 107 cm³/mol. The lowest BCUT2D eigenvalue weighted by Gasteiger charge is -2.17. The molecule has 0 unspecified atom stereocenters. The van der Waals surface area contributed by atoms with Crippen LogP contribution in [-0.2, 0) is 0 Å². The highest BCUT2D eigenvalue weighted by molar-refractivity contribution is 5.98. The molecular weight excluding hydrogens is 340 g/mol. The Kier molecular flexibility index (Phi) is 3.84. The van der Waals surface area contributed by atoms with Crippen LogP contribution in [0.25, 0.3) is 21.5 Å². The number of fused-ring (bicyclic) bond motifs is 2. The summed E-state index contributed by atoms with van der Waals surface area (Å²) in [6.45, 7) is 5.52. The molecule has 0 saturated carbocycles. The molecule has 0 aliphatic heterocycles. The number of ether oxygens (including phenoxy) is 1. The van der Waals surface area contributed by atoms with Gasteiger partial charge in [-0.3, -0.25) is 0 Å². The Morgan fingerprint density at radius 1 is 0.667 bits per heavy atom. The van der Waals surface area contributed by atoms with Crippen molar-refractivity contribution in [2.24, 2.45) is 0 Å². The van der Waals surface area contributed by atoms with Gasteiger partial charge in [-0.15, -0.1) is 0 Å². The van der Waals surface area contributed by atoms with E-state index in [0.717, 1.165) is 16.3 Å². The third-order valence-electron chi connectivity index (χ3n) is 5.00. The minimum Gasteiger partial charge on any atom is -0.507 e. The normalized spacial score (nSPS) is 11.2. The van der Waals surface area contributed by atoms with Crippen LogP contribution >= 0.6 is 0 Å². The average molecular weight is 360 g/mol. The van der Waals surface area contributed by atoms with Crippen molar-refractivity contribution < 1.29 is 20.1 Å². The molecule has 0 aliphatic rings. The van der Waals surface area contributed by atoms with Crippen molar-refractivity contribution in [1.82, 2.24) is 0 Å². The van der Waals surface area contributed by atoms with Crippen molar-refractivity contribution in [2.45, 2.75) is 20.8 Å². The quantitative estimate of drug-likeness (QED) is 0.394. The van der Waals surface area contributed by atoms with Gasteiger partial charge >= 0.3 is 0 Å². The summed E-state index contributed by atoms with van der Waals surface area (Å²) in [5.74, 6) is 0.421. The minimum absolute atomic E-state index is 0.195. The SMILES string of the molecule is Cc1ccc2c(O)c(C)cc(Oc3c(O)c(O)c(C)c4ccccc34)c2c1. The smallest absolute Gasteiger partial charge is 0.202 e. The lowest BCUT2D eigenvalue weighted by molar-refractivity contribution is 0.375. The van der Waals surface area contributed by atoms with Crippen molar-refractivity contribution in [1.29, 1.82) is 0 Å². The third-order valence-corrected chi connectivity index (χ3v) is 5.00. The van der Waals surface area contributed by atoms with Crippen molar-refractivity contribution in [3.05, 3.63) is 65.2 Å². The number of phenols is 3. The maximum absolute atomic E-state index is 10.6. The van der Waals surface area contributed by atoms with Crippen LogP contribution in [-0.4, -0.2) is 15.3 Å². The van der Waals surface area contributed by atoms with Crippen LogP contribution in [0.1, 0.15) is 16.7 Å². The van der Waals surface area contributed by atoms with Crippen molar-refractivity contribution in [2.75, 3.05) is 0 Å². The zero-order chi connectivity index (χ0) is 19.3. The maximum atomic E-state index is 10.6. The van der Waals surface area contributed by atoms with E-state index in [-0.39, 0.29) is 23.0 Å². The first-order valence-corrected chi connectivity index (χ1v) is 8.72. The molecule has 0 bridgehead atoms. The van der Waals surface area contributed by atoms with Crippen LogP contribution < -0.4 is 4.74 Å². The van der Waals surface area contributed by atoms with Crippen LogP contribution in [0.15, 0.2) is 48.5 Å². The lowest BCUT2D eigenvalue weighted by atomic mass is 10.0. The van der Waals surface area contributed by atoms with E-state index in [2.05, 4.69) is 0 Å². The highest BCUT2D eigenvalue weighted by Gasteiger charge is 2.20. The van der Waals surface area contributed by atoms with Crippen LogP contribution in [0.3, 0.4) is 0 Å². The molecule has 0 aliphatic carbocycles. The number of benzene rings is 4. The fraction of sp³-hybridized carbons (Fsp3) is 0.130. The minimum atomic E-state index is -0.294. The van der Waals surface area contributed by atoms with E-state index in [4.69, 9.17) is 4.74 Å². The van der Waals surface area contributed by atoms with E-state index in [1.54, 1.807) is 19.9 Å². The maximum Gasteiger partial charge on any atom is 0.202 e. The molecule has 4 nitrogen and oxygen atoms in total. The molecule has 4 aromatic rings. The summed E-state index contributed by atoms with van der Waals surface area (Å²) in [5.41, 5.74) is 2.29. The van der Waals surface area contributed by atoms with Gasteiger partial charge in [-0.2, -0.15) is 0 Å². The van der Waals surface area contributed by atoms with Gasteiger partial charge in [-0.05, 0) is 43.9 Å². The first-order chi connectivity index (χ1) is 12.9. The van der Waals surface area contributed by atoms with Crippen molar-refractivity contribution >= 4 is 21.5 Å². The number of hydrogen-bond donors (Lipinski definition) is 3. The van der Waals surface area contributed by atoms with Gasteiger partial charge in [-0.25, -0.2) is 0 Å². The number of rotatable bonds is 2. The molecule has 4 heteroatoms. The second kappa shape index (κ2) is 6.09. The van der Waals surface area contributed by atoms with Crippen LogP contribution in [0.4, 0.5) is 0 Å². The van der Waals surface area contributed by atoms with Gasteiger partial charge in [0.1, 0.15) is 11.5 Å². The zero-order valence-electron chi connectivity index (χ0n) is 15.4. The topological polar surface area (TPSA) is 69.9 Å². The molecule has 0 radical (unpaired) electrons. The molecule has 27 heavy (non-hydrogen) atoms. The highest BCUT2D eigenvalue weighted by Crippen LogP contribution is 2.48. The van der Waals surface area contributed by atoms with Crippen molar-refractivity contribution in [3.63, 3.8) is 0 Å². The lowest BCUT2D eigenvalue weighted by Crippen LogP contribution is -1.93. The molecular formula is C23H20O4. The van der Waals surface area contributed by atoms with Gasteiger partial charge in [0, 0.05) is 21.7 Å². The Labute approximate surface area is 156 Å². The Bertz CT molecular complexity index is 1210. The van der Waals surface area contributed by atoms with Gasteiger partial charge in [0.05, 0.1) is 0 Å². The molecule has 3 N–H and O–H groups in total. The zero-order valence-corrected chi connectivity index (χ0v) is 15.4. The van der Waals surface area contributed by atoms with Crippen LogP contribution in [0, 0.1) is 20.8 Å². The molecule has 0 heterocycles. The molecule has 0 spiro atoms. The summed E-state index contributed by atoms with van der Waals surface area (Å²) in [6, 6.07) is 14.9. The number of aromatic hydroxyl groups is 3. The van der Waals surface area contributed by atoms with Crippen LogP contribution in [0.5, 0.6) is 28.7 Å². The average Bonchev–Trinajstić information content (AvgIpc) is 2.67. The number of aryl methyl sites for hydroxylation is 3. The molecule has 136 valence electrons. The Morgan fingerprint density at radius 2 is 1.37 bits per heavy atom. The van der Waals surface area contributed by atoms with E-state index in [9.17, 15) is 15.3 Å². The van der Waals surface area contributed by atoms with Gasteiger partial charge in [-0.1, -0.05) is 42.0 Å². The summed E-state index contributed by atoms with van der Waals surface area (Å²) in [4.78, 5) is 0. The Morgan fingerprint density at radius 3 is 2.11 bits per heavy atom. The van der Waals surface area contributed by atoms with Crippen LogP contribution in [0.2, 0.25) is 0 Å². The third kappa shape index (κ3) is 2.61. The number of hydrogen-bond acceptors (Lipinski definition) is 4. The monoisotopic (exact) mass is 360 g/mol. The van der Waals surface area contributed by atoms with Crippen molar-refractivity contribution in [3.8, 4) is 28.7 Å². The first-order valence-electron chi connectivity index (χ1n) is 8.72. The largest absolute Gasteiger partial charge is 0.507 e. The molecule has 0 amide bonds. The van der Waals surface area contributed by atoms with E-state index in [0.29, 0.717) is 27.6 Å². The van der Waals surface area contributed by atoms with E-state index >= 15 is 0 Å². The van der Waals surface area contributed by atoms with Gasteiger partial charge in [0.15, 0.2) is 11.5 Å². The molecule has 0 atom stereocenters. The summed E-state index contributed by atoms with van der Waals surface area (Å²) in [7, 11) is 0. The molecule has 4 aromatic carbocycles. The van der Waals surface area contributed by atoms with Gasteiger partial charge in [0.25, 0.3) is 0 Å². The Hall–Kier alpha value is -3.40. The fourth-order valence-corrected chi connectivity index (χ4v) is 3.47. The summed E-state index contributed by atoms with van der Waals surface area (Å²) in [5, 5.41) is 34.2. The van der Waals surface area contributed by atoms with Gasteiger partial charge < -0.3 is 20.1 Å². The summed E-state index contributed by atoms with van der Waals surface area (Å²) >= 11 is 0. The summed E-state index contributed by atoms with van der Waals surface area (Å²) in [6.07, 6.45) is 0. The molecule has 4 rings (SSSR count). The second-order valence-corrected chi connectivity index (χ2v) is 6.89. The van der Waals surface area contributed by atoms with E-state index < -0.39 is 0 Å². The number of phenolic OH excluding ortho intramolecular Hbond substituents is 3. The van der Waals surface area contributed by atoms with Gasteiger partial charge in [0.2, 0.25) is 5.75 Å². The van der Waals surface area contributed by atoms with E-state index in [1.165, 1.54) is 0 Å². The predicted octanol–water partition coefficient (Wildman–Crippen LogP) is 5.83. The fourth-order valence-electron chi connectivity index (χ4n) is 3.47. The molecule has 0 fully saturated rings. The highest BCUT2D eigenvalue weighted by atomic mass is 16.5. The van der Waals surface area contributed by atoms with E-state index in [1.807, 2.05) is 49.4 Å². The molecule has 0 aromatic heterocycles.